The van der Waals surface area contributed by atoms with Crippen molar-refractivity contribution in [3.63, 3.8) is 0 Å². The van der Waals surface area contributed by atoms with E-state index in [4.69, 9.17) is 9.52 Å². The SMILES string of the molecule is O=C(O)[C@H]1CC=CC[C@H]1C(=O)NCCc1ccco1. The molecule has 0 saturated heterocycles. The van der Waals surface area contributed by atoms with E-state index in [2.05, 4.69) is 5.32 Å². The number of allylic oxidation sites excluding steroid dienone is 2. The third-order valence-corrected chi connectivity index (χ3v) is 3.34. The van der Waals surface area contributed by atoms with Gasteiger partial charge in [-0.15, -0.1) is 0 Å². The number of amides is 1. The molecule has 2 atom stereocenters. The van der Waals surface area contributed by atoms with Crippen LogP contribution in [0.3, 0.4) is 0 Å². The molecule has 1 aliphatic rings. The Balaban J connectivity index is 1.84. The van der Waals surface area contributed by atoms with Crippen molar-refractivity contribution in [1.82, 2.24) is 5.32 Å². The van der Waals surface area contributed by atoms with Crippen molar-refractivity contribution in [2.24, 2.45) is 11.8 Å². The first-order valence-corrected chi connectivity index (χ1v) is 6.36. The van der Waals surface area contributed by atoms with E-state index in [0.717, 1.165) is 5.76 Å². The smallest absolute Gasteiger partial charge is 0.307 e. The van der Waals surface area contributed by atoms with Gasteiger partial charge in [-0.2, -0.15) is 0 Å². The van der Waals surface area contributed by atoms with Gasteiger partial charge in [0.2, 0.25) is 5.91 Å². The predicted molar refractivity (Wildman–Crippen MR) is 68.4 cm³/mol. The van der Waals surface area contributed by atoms with Gasteiger partial charge in [-0.3, -0.25) is 9.59 Å². The van der Waals surface area contributed by atoms with Crippen molar-refractivity contribution in [3.8, 4) is 0 Å². The molecule has 1 heterocycles. The first kappa shape index (κ1) is 13.4. The van der Waals surface area contributed by atoms with E-state index in [-0.39, 0.29) is 5.91 Å². The van der Waals surface area contributed by atoms with Crippen LogP contribution in [0.2, 0.25) is 0 Å². The summed E-state index contributed by atoms with van der Waals surface area (Å²) in [6, 6.07) is 3.64. The number of carboxylic acid groups (broad SMARTS) is 1. The minimum absolute atomic E-state index is 0.191. The third-order valence-electron chi connectivity index (χ3n) is 3.34. The fourth-order valence-corrected chi connectivity index (χ4v) is 2.27. The van der Waals surface area contributed by atoms with Crippen molar-refractivity contribution in [2.75, 3.05) is 6.54 Å². The van der Waals surface area contributed by atoms with E-state index in [1.54, 1.807) is 12.3 Å². The number of aliphatic carboxylic acids is 1. The molecule has 1 aromatic rings. The van der Waals surface area contributed by atoms with E-state index < -0.39 is 17.8 Å². The van der Waals surface area contributed by atoms with Crippen LogP contribution in [0.5, 0.6) is 0 Å². The van der Waals surface area contributed by atoms with Crippen LogP contribution in [0.4, 0.5) is 0 Å². The molecule has 1 amide bonds. The Hall–Kier alpha value is -2.04. The normalized spacial score (nSPS) is 22.1. The summed E-state index contributed by atoms with van der Waals surface area (Å²) in [7, 11) is 0. The van der Waals surface area contributed by atoms with Crippen LogP contribution in [0, 0.1) is 11.8 Å². The van der Waals surface area contributed by atoms with E-state index in [9.17, 15) is 9.59 Å². The summed E-state index contributed by atoms with van der Waals surface area (Å²) in [4.78, 5) is 23.1. The molecule has 0 saturated carbocycles. The number of carbonyl (C=O) groups is 2. The Morgan fingerprint density at radius 2 is 2.05 bits per heavy atom. The van der Waals surface area contributed by atoms with Gasteiger partial charge >= 0.3 is 5.97 Å². The Morgan fingerprint density at radius 3 is 2.68 bits per heavy atom. The Labute approximate surface area is 111 Å². The molecule has 0 spiro atoms. The summed E-state index contributed by atoms with van der Waals surface area (Å²) in [5.41, 5.74) is 0. The van der Waals surface area contributed by atoms with Crippen LogP contribution in [-0.2, 0) is 16.0 Å². The Morgan fingerprint density at radius 1 is 1.32 bits per heavy atom. The van der Waals surface area contributed by atoms with Crippen molar-refractivity contribution in [3.05, 3.63) is 36.3 Å². The number of rotatable bonds is 5. The van der Waals surface area contributed by atoms with Crippen molar-refractivity contribution in [1.29, 1.82) is 0 Å². The summed E-state index contributed by atoms with van der Waals surface area (Å²) in [5, 5.41) is 11.9. The molecule has 2 N–H and O–H groups in total. The van der Waals surface area contributed by atoms with Gasteiger partial charge in [-0.1, -0.05) is 12.2 Å². The number of carboxylic acids is 1. The van der Waals surface area contributed by atoms with E-state index in [1.807, 2.05) is 18.2 Å². The van der Waals surface area contributed by atoms with Gasteiger partial charge in [-0.25, -0.2) is 0 Å². The van der Waals surface area contributed by atoms with Crippen LogP contribution in [0.25, 0.3) is 0 Å². The lowest BCUT2D eigenvalue weighted by molar-refractivity contribution is -0.147. The lowest BCUT2D eigenvalue weighted by atomic mass is 9.82. The largest absolute Gasteiger partial charge is 0.481 e. The average Bonchev–Trinajstić information content (AvgIpc) is 2.91. The molecule has 2 rings (SSSR count). The Bertz CT molecular complexity index is 464. The minimum Gasteiger partial charge on any atom is -0.481 e. The number of hydrogen-bond donors (Lipinski definition) is 2. The third kappa shape index (κ3) is 3.47. The average molecular weight is 263 g/mol. The predicted octanol–water partition coefficient (Wildman–Crippen LogP) is 1.61. The van der Waals surface area contributed by atoms with Gasteiger partial charge < -0.3 is 14.8 Å². The van der Waals surface area contributed by atoms with Crippen LogP contribution in [0.15, 0.2) is 35.0 Å². The molecule has 0 bridgehead atoms. The van der Waals surface area contributed by atoms with Gasteiger partial charge in [-0.05, 0) is 25.0 Å². The second-order valence-corrected chi connectivity index (χ2v) is 4.61. The van der Waals surface area contributed by atoms with Gasteiger partial charge in [0.15, 0.2) is 0 Å². The summed E-state index contributed by atoms with van der Waals surface area (Å²) in [5.74, 6) is -1.38. The molecule has 1 aromatic heterocycles. The van der Waals surface area contributed by atoms with E-state index in [0.29, 0.717) is 25.8 Å². The lowest BCUT2D eigenvalue weighted by Crippen LogP contribution is -2.39. The quantitative estimate of drug-likeness (QED) is 0.791. The second-order valence-electron chi connectivity index (χ2n) is 4.61. The summed E-state index contributed by atoms with van der Waals surface area (Å²) >= 11 is 0. The number of furan rings is 1. The maximum absolute atomic E-state index is 12.0. The molecular formula is C14H17NO4. The molecule has 0 radical (unpaired) electrons. The Kier molecular flexibility index (Phi) is 4.39. The van der Waals surface area contributed by atoms with Crippen LogP contribution >= 0.6 is 0 Å². The molecule has 0 fully saturated rings. The number of nitrogens with one attached hydrogen (secondary N) is 1. The van der Waals surface area contributed by atoms with Gasteiger partial charge in [0, 0.05) is 13.0 Å². The highest BCUT2D eigenvalue weighted by atomic mass is 16.4. The molecular weight excluding hydrogens is 246 g/mol. The first-order chi connectivity index (χ1) is 9.18. The first-order valence-electron chi connectivity index (χ1n) is 6.36. The standard InChI is InChI=1S/C14H17NO4/c16-13(15-8-7-10-4-3-9-19-10)11-5-1-2-6-12(11)14(17)18/h1-4,9,11-12H,5-8H2,(H,15,16)(H,17,18)/t11-,12+/m1/s1. The van der Waals surface area contributed by atoms with Gasteiger partial charge in [0.1, 0.15) is 5.76 Å². The zero-order chi connectivity index (χ0) is 13.7. The second kappa shape index (κ2) is 6.22. The van der Waals surface area contributed by atoms with Crippen LogP contribution in [0.1, 0.15) is 18.6 Å². The van der Waals surface area contributed by atoms with Crippen molar-refractivity contribution >= 4 is 11.9 Å². The highest BCUT2D eigenvalue weighted by Crippen LogP contribution is 2.25. The highest BCUT2D eigenvalue weighted by molar-refractivity contribution is 5.85. The molecule has 5 nitrogen and oxygen atoms in total. The highest BCUT2D eigenvalue weighted by Gasteiger charge is 2.33. The fraction of sp³-hybridized carbons (Fsp3) is 0.429. The fourth-order valence-electron chi connectivity index (χ4n) is 2.27. The van der Waals surface area contributed by atoms with Gasteiger partial charge in [0.25, 0.3) is 0 Å². The maximum Gasteiger partial charge on any atom is 0.307 e. The van der Waals surface area contributed by atoms with Gasteiger partial charge in [0.05, 0.1) is 18.1 Å². The lowest BCUT2D eigenvalue weighted by Gasteiger charge is -2.24. The molecule has 102 valence electrons. The van der Waals surface area contributed by atoms with Crippen molar-refractivity contribution < 1.29 is 19.1 Å². The summed E-state index contributed by atoms with van der Waals surface area (Å²) < 4.78 is 5.16. The molecule has 0 aromatic carbocycles. The molecule has 0 aliphatic heterocycles. The summed E-state index contributed by atoms with van der Waals surface area (Å²) in [6.45, 7) is 0.457. The minimum atomic E-state index is -0.907. The number of carbonyl (C=O) groups excluding carboxylic acids is 1. The van der Waals surface area contributed by atoms with E-state index in [1.165, 1.54) is 0 Å². The molecule has 5 heteroatoms. The number of hydrogen-bond acceptors (Lipinski definition) is 3. The van der Waals surface area contributed by atoms with E-state index >= 15 is 0 Å². The zero-order valence-electron chi connectivity index (χ0n) is 10.5. The monoisotopic (exact) mass is 263 g/mol. The van der Waals surface area contributed by atoms with Crippen LogP contribution in [-0.4, -0.2) is 23.5 Å². The van der Waals surface area contributed by atoms with Crippen LogP contribution < -0.4 is 5.32 Å². The maximum atomic E-state index is 12.0. The summed E-state index contributed by atoms with van der Waals surface area (Å²) in [6.07, 6.45) is 6.80. The molecule has 1 aliphatic carbocycles. The zero-order valence-corrected chi connectivity index (χ0v) is 10.5. The molecule has 19 heavy (non-hydrogen) atoms. The van der Waals surface area contributed by atoms with Crippen molar-refractivity contribution in [2.45, 2.75) is 19.3 Å². The molecule has 0 unspecified atom stereocenters. The topological polar surface area (TPSA) is 79.5 Å².